The predicted octanol–water partition coefficient (Wildman–Crippen LogP) is 4.88. The Hall–Kier alpha value is -3.91. The van der Waals surface area contributed by atoms with E-state index in [9.17, 15) is 4.79 Å². The van der Waals surface area contributed by atoms with Crippen molar-refractivity contribution >= 4 is 23.9 Å². The van der Waals surface area contributed by atoms with E-state index < -0.39 is 0 Å². The van der Waals surface area contributed by atoms with Gasteiger partial charge in [-0.2, -0.15) is 5.10 Å². The van der Waals surface area contributed by atoms with Crippen molar-refractivity contribution in [3.8, 4) is 22.8 Å². The van der Waals surface area contributed by atoms with Crippen molar-refractivity contribution in [2.75, 3.05) is 12.4 Å². The number of aryl methyl sites for hydroxylation is 1. The molecular weight excluding hydrogens is 446 g/mol. The Bertz CT molecular complexity index is 1270. The summed E-state index contributed by atoms with van der Waals surface area (Å²) in [6, 6.07) is 25.5. The highest BCUT2D eigenvalue weighted by Gasteiger charge is 2.17. The molecule has 172 valence electrons. The molecule has 1 aromatic heterocycles. The first kappa shape index (κ1) is 23.3. The molecule has 0 atom stereocenters. The third-order valence-electron chi connectivity index (χ3n) is 4.90. The molecule has 1 amide bonds. The quantitative estimate of drug-likeness (QED) is 0.214. The van der Waals surface area contributed by atoms with Crippen LogP contribution in [-0.4, -0.2) is 39.2 Å². The number of para-hydroxylation sites is 1. The van der Waals surface area contributed by atoms with Gasteiger partial charge in [-0.3, -0.25) is 9.36 Å². The van der Waals surface area contributed by atoms with Gasteiger partial charge in [0.25, 0.3) is 5.91 Å². The number of hydrogen-bond acceptors (Lipinski definition) is 6. The number of nitrogens with one attached hydrogen (secondary N) is 1. The van der Waals surface area contributed by atoms with E-state index in [1.54, 1.807) is 6.21 Å². The predicted molar refractivity (Wildman–Crippen MR) is 136 cm³/mol. The smallest absolute Gasteiger partial charge is 0.250 e. The van der Waals surface area contributed by atoms with Gasteiger partial charge >= 0.3 is 0 Å². The van der Waals surface area contributed by atoms with Crippen LogP contribution in [0.25, 0.3) is 17.1 Å². The molecule has 7 nitrogen and oxygen atoms in total. The molecule has 0 fully saturated rings. The summed E-state index contributed by atoms with van der Waals surface area (Å²) >= 11 is 1.31. The Kier molecular flexibility index (Phi) is 7.72. The first-order valence-corrected chi connectivity index (χ1v) is 11.9. The Labute approximate surface area is 202 Å². The highest BCUT2D eigenvalue weighted by molar-refractivity contribution is 7.99. The molecule has 0 spiro atoms. The number of ether oxygens (including phenoxy) is 1. The molecule has 1 N–H and O–H groups in total. The zero-order valence-electron chi connectivity index (χ0n) is 19.0. The van der Waals surface area contributed by atoms with Crippen LogP contribution in [0.1, 0.15) is 18.1 Å². The van der Waals surface area contributed by atoms with Gasteiger partial charge in [0.2, 0.25) is 0 Å². The molecule has 0 aliphatic rings. The maximum atomic E-state index is 12.5. The van der Waals surface area contributed by atoms with Gasteiger partial charge in [-0.1, -0.05) is 71.9 Å². The molecule has 0 saturated heterocycles. The van der Waals surface area contributed by atoms with E-state index in [-0.39, 0.29) is 11.7 Å². The second kappa shape index (κ2) is 11.3. The van der Waals surface area contributed by atoms with Crippen molar-refractivity contribution in [2.45, 2.75) is 19.0 Å². The lowest BCUT2D eigenvalue weighted by Crippen LogP contribution is -2.20. The van der Waals surface area contributed by atoms with Crippen LogP contribution in [0, 0.1) is 6.92 Å². The van der Waals surface area contributed by atoms with Crippen molar-refractivity contribution in [1.29, 1.82) is 0 Å². The largest absolute Gasteiger partial charge is 0.493 e. The summed E-state index contributed by atoms with van der Waals surface area (Å²) in [5.74, 6) is 1.34. The average molecular weight is 472 g/mol. The van der Waals surface area contributed by atoms with Crippen molar-refractivity contribution in [1.82, 2.24) is 20.2 Å². The molecular formula is C26H25N5O2S. The van der Waals surface area contributed by atoms with E-state index >= 15 is 0 Å². The number of amides is 1. The second-order valence-electron chi connectivity index (χ2n) is 7.40. The average Bonchev–Trinajstić information content (AvgIpc) is 3.29. The van der Waals surface area contributed by atoms with Crippen LogP contribution in [0.4, 0.5) is 0 Å². The third-order valence-corrected chi connectivity index (χ3v) is 5.83. The van der Waals surface area contributed by atoms with Crippen molar-refractivity contribution in [3.63, 3.8) is 0 Å². The maximum absolute atomic E-state index is 12.5. The van der Waals surface area contributed by atoms with Gasteiger partial charge in [-0.05, 0) is 38.1 Å². The molecule has 8 heteroatoms. The number of hydrogen-bond donors (Lipinski definition) is 1. The van der Waals surface area contributed by atoms with Gasteiger partial charge in [0.15, 0.2) is 11.0 Å². The SMILES string of the molecule is CCOc1ccccc1/C=N/NC(=O)CSc1nnc(-c2ccccc2)n1-c1ccc(C)cc1. The number of nitrogens with zero attached hydrogens (tertiary/aromatic N) is 4. The molecule has 0 aliphatic heterocycles. The summed E-state index contributed by atoms with van der Waals surface area (Å²) in [5.41, 5.74) is 6.41. The molecule has 0 radical (unpaired) electrons. The Morgan fingerprint density at radius 3 is 2.53 bits per heavy atom. The number of rotatable bonds is 9. The zero-order valence-corrected chi connectivity index (χ0v) is 19.8. The molecule has 34 heavy (non-hydrogen) atoms. The molecule has 3 aromatic carbocycles. The molecule has 0 unspecified atom stereocenters. The Morgan fingerprint density at radius 2 is 1.76 bits per heavy atom. The van der Waals surface area contributed by atoms with E-state index in [2.05, 4.69) is 20.7 Å². The summed E-state index contributed by atoms with van der Waals surface area (Å²) in [5, 5.41) is 13.5. The van der Waals surface area contributed by atoms with E-state index in [4.69, 9.17) is 4.74 Å². The van der Waals surface area contributed by atoms with Gasteiger partial charge < -0.3 is 4.74 Å². The lowest BCUT2D eigenvalue weighted by atomic mass is 10.2. The van der Waals surface area contributed by atoms with Crippen molar-refractivity contribution in [2.24, 2.45) is 5.10 Å². The summed E-state index contributed by atoms with van der Waals surface area (Å²) in [6.07, 6.45) is 1.58. The van der Waals surface area contributed by atoms with Crippen LogP contribution in [0.3, 0.4) is 0 Å². The maximum Gasteiger partial charge on any atom is 0.250 e. The van der Waals surface area contributed by atoms with E-state index in [1.165, 1.54) is 11.8 Å². The normalized spacial score (nSPS) is 11.0. The molecule has 0 bridgehead atoms. The fraction of sp³-hybridized carbons (Fsp3) is 0.154. The number of carbonyl (C=O) groups excluding carboxylic acids is 1. The van der Waals surface area contributed by atoms with Gasteiger partial charge in [0.1, 0.15) is 5.75 Å². The minimum absolute atomic E-state index is 0.142. The Balaban J connectivity index is 1.48. The van der Waals surface area contributed by atoms with Crippen LogP contribution in [0.5, 0.6) is 5.75 Å². The number of aromatic nitrogens is 3. The van der Waals surface area contributed by atoms with E-state index in [0.29, 0.717) is 11.8 Å². The van der Waals surface area contributed by atoms with Crippen LogP contribution < -0.4 is 10.2 Å². The number of hydrazone groups is 1. The molecule has 0 saturated carbocycles. The minimum Gasteiger partial charge on any atom is -0.493 e. The lowest BCUT2D eigenvalue weighted by molar-refractivity contribution is -0.118. The lowest BCUT2D eigenvalue weighted by Gasteiger charge is -2.10. The van der Waals surface area contributed by atoms with Crippen molar-refractivity contribution < 1.29 is 9.53 Å². The summed E-state index contributed by atoms with van der Waals surface area (Å²) in [4.78, 5) is 12.5. The standard InChI is InChI=1S/C26H25N5O2S/c1-3-33-23-12-8-7-11-21(23)17-27-28-24(32)18-34-26-30-29-25(20-9-5-4-6-10-20)31(26)22-15-13-19(2)14-16-22/h4-17H,3,18H2,1-2H3,(H,28,32)/b27-17+. The van der Waals surface area contributed by atoms with Gasteiger partial charge in [-0.15, -0.1) is 10.2 Å². The topological polar surface area (TPSA) is 81.4 Å². The highest BCUT2D eigenvalue weighted by atomic mass is 32.2. The van der Waals surface area contributed by atoms with Gasteiger partial charge in [-0.25, -0.2) is 5.43 Å². The van der Waals surface area contributed by atoms with E-state index in [0.717, 1.165) is 34.0 Å². The number of thioether (sulfide) groups is 1. The summed E-state index contributed by atoms with van der Waals surface area (Å²) in [7, 11) is 0. The van der Waals surface area contributed by atoms with Crippen LogP contribution in [0.15, 0.2) is 89.1 Å². The monoisotopic (exact) mass is 471 g/mol. The first-order valence-electron chi connectivity index (χ1n) is 10.9. The van der Waals surface area contributed by atoms with Crippen molar-refractivity contribution in [3.05, 3.63) is 90.0 Å². The molecule has 4 aromatic rings. The van der Waals surface area contributed by atoms with Crippen LogP contribution in [-0.2, 0) is 4.79 Å². The van der Waals surface area contributed by atoms with Gasteiger partial charge in [0, 0.05) is 16.8 Å². The highest BCUT2D eigenvalue weighted by Crippen LogP contribution is 2.28. The fourth-order valence-electron chi connectivity index (χ4n) is 3.27. The fourth-order valence-corrected chi connectivity index (χ4v) is 4.02. The zero-order chi connectivity index (χ0) is 23.8. The molecule has 1 heterocycles. The minimum atomic E-state index is -0.241. The molecule has 4 rings (SSSR count). The number of benzene rings is 3. The van der Waals surface area contributed by atoms with E-state index in [1.807, 2.05) is 97.3 Å². The van der Waals surface area contributed by atoms with Crippen LogP contribution >= 0.6 is 11.8 Å². The summed E-state index contributed by atoms with van der Waals surface area (Å²) < 4.78 is 7.54. The Morgan fingerprint density at radius 1 is 1.03 bits per heavy atom. The third kappa shape index (κ3) is 5.71. The second-order valence-corrected chi connectivity index (χ2v) is 8.34. The van der Waals surface area contributed by atoms with Crippen LogP contribution in [0.2, 0.25) is 0 Å². The molecule has 0 aliphatic carbocycles. The van der Waals surface area contributed by atoms with Gasteiger partial charge in [0.05, 0.1) is 18.6 Å². The first-order chi connectivity index (χ1) is 16.7. The summed E-state index contributed by atoms with van der Waals surface area (Å²) in [6.45, 7) is 4.52. The number of carbonyl (C=O) groups is 1.